The number of allylic oxidation sites excluding steroid dienone is 4. The zero-order valence-electron chi connectivity index (χ0n) is 20.5. The Labute approximate surface area is 216 Å². The van der Waals surface area contributed by atoms with Gasteiger partial charge < -0.3 is 15.0 Å². The number of carbonyl (C=O) groups is 3. The molecule has 36 heavy (non-hydrogen) atoms. The van der Waals surface area contributed by atoms with Crippen molar-refractivity contribution in [1.82, 2.24) is 4.90 Å². The van der Waals surface area contributed by atoms with Gasteiger partial charge >= 0.3 is 0 Å². The van der Waals surface area contributed by atoms with E-state index in [1.165, 1.54) is 0 Å². The van der Waals surface area contributed by atoms with Crippen molar-refractivity contribution in [2.24, 2.45) is 0 Å². The molecule has 1 heterocycles. The highest BCUT2D eigenvalue weighted by atomic mass is 35.5. The van der Waals surface area contributed by atoms with E-state index in [0.717, 1.165) is 42.6 Å². The maximum atomic E-state index is 13.3. The van der Waals surface area contributed by atoms with Gasteiger partial charge in [0.15, 0.2) is 18.2 Å². The van der Waals surface area contributed by atoms with Crippen LogP contribution < -0.4 is 10.1 Å². The molecule has 0 unspecified atom stereocenters. The molecule has 0 saturated carbocycles. The second-order valence-corrected chi connectivity index (χ2v) is 10.1. The first-order chi connectivity index (χ1) is 17.3. The van der Waals surface area contributed by atoms with E-state index in [2.05, 4.69) is 10.2 Å². The molecule has 1 amide bonds. The fourth-order valence-corrected chi connectivity index (χ4v) is 5.70. The van der Waals surface area contributed by atoms with Crippen LogP contribution in [0.2, 0.25) is 5.02 Å². The zero-order valence-corrected chi connectivity index (χ0v) is 21.3. The second kappa shape index (κ2) is 9.94. The minimum Gasteiger partial charge on any atom is -0.483 e. The fraction of sp³-hybridized carbons (Fsp3) is 0.345. The van der Waals surface area contributed by atoms with E-state index in [0.29, 0.717) is 46.0 Å². The maximum Gasteiger partial charge on any atom is 0.262 e. The van der Waals surface area contributed by atoms with Gasteiger partial charge in [-0.15, -0.1) is 0 Å². The maximum absolute atomic E-state index is 13.3. The number of hydrogen-bond acceptors (Lipinski definition) is 5. The highest BCUT2D eigenvalue weighted by Crippen LogP contribution is 2.50. The lowest BCUT2D eigenvalue weighted by Crippen LogP contribution is -2.37. The number of aryl methyl sites for hydroxylation is 1. The smallest absolute Gasteiger partial charge is 0.262 e. The summed E-state index contributed by atoms with van der Waals surface area (Å²) in [5, 5.41) is 3.32. The summed E-state index contributed by atoms with van der Waals surface area (Å²) in [7, 11) is 1.96. The summed E-state index contributed by atoms with van der Waals surface area (Å²) >= 11 is 6.42. The van der Waals surface area contributed by atoms with Gasteiger partial charge in [0.2, 0.25) is 0 Å². The van der Waals surface area contributed by atoms with Gasteiger partial charge in [-0.2, -0.15) is 0 Å². The van der Waals surface area contributed by atoms with Crippen molar-refractivity contribution < 1.29 is 19.1 Å². The largest absolute Gasteiger partial charge is 0.483 e. The van der Waals surface area contributed by atoms with Crippen molar-refractivity contribution in [2.75, 3.05) is 19.0 Å². The van der Waals surface area contributed by atoms with Crippen LogP contribution in [-0.2, 0) is 14.4 Å². The summed E-state index contributed by atoms with van der Waals surface area (Å²) in [6, 6.07) is 12.7. The molecule has 2 aromatic rings. The number of Topliss-reactive ketones (excluding diaryl/α,β-unsaturated/α-hetero) is 2. The summed E-state index contributed by atoms with van der Waals surface area (Å²) < 4.78 is 6.01. The molecule has 2 aromatic carbocycles. The first-order valence-corrected chi connectivity index (χ1v) is 12.8. The van der Waals surface area contributed by atoms with Crippen LogP contribution in [-0.4, -0.2) is 36.0 Å². The standard InChI is InChI=1S/C29H29ClN2O4/c1-17-9-12-19(13-10-17)31-26(35)16-36-25-14-11-18(30)15-20(25)27-28-21(5-3-7-23(28)33)32(2)22-6-4-8-24(34)29(22)27/h9-15,27H,3-8,16H2,1-2H3,(H,31,35). The third-order valence-corrected chi connectivity index (χ3v) is 7.46. The summed E-state index contributed by atoms with van der Waals surface area (Å²) in [5.74, 6) is -0.281. The van der Waals surface area contributed by atoms with Gasteiger partial charge in [0, 0.05) is 64.6 Å². The van der Waals surface area contributed by atoms with Gasteiger partial charge in [-0.05, 0) is 62.9 Å². The molecule has 0 bridgehead atoms. The summed E-state index contributed by atoms with van der Waals surface area (Å²) in [5.41, 5.74) is 5.73. The average Bonchev–Trinajstić information content (AvgIpc) is 2.86. The van der Waals surface area contributed by atoms with Gasteiger partial charge in [-0.1, -0.05) is 29.3 Å². The molecule has 1 aliphatic heterocycles. The first-order valence-electron chi connectivity index (χ1n) is 12.4. The van der Waals surface area contributed by atoms with Crippen molar-refractivity contribution >= 4 is 34.8 Å². The number of carbonyl (C=O) groups excluding carboxylic acids is 3. The minimum atomic E-state index is -0.541. The molecule has 0 fully saturated rings. The Morgan fingerprint density at radius 1 is 0.972 bits per heavy atom. The molecule has 3 aliphatic rings. The zero-order chi connectivity index (χ0) is 25.4. The topological polar surface area (TPSA) is 75.7 Å². The number of nitrogens with one attached hydrogen (secondary N) is 1. The molecule has 5 rings (SSSR count). The van der Waals surface area contributed by atoms with Crippen LogP contribution in [0.5, 0.6) is 5.75 Å². The highest BCUT2D eigenvalue weighted by molar-refractivity contribution is 6.30. The van der Waals surface area contributed by atoms with Crippen LogP contribution in [0.4, 0.5) is 5.69 Å². The normalized spacial score (nSPS) is 18.2. The van der Waals surface area contributed by atoms with E-state index >= 15 is 0 Å². The number of anilines is 1. The van der Waals surface area contributed by atoms with Crippen LogP contribution in [0, 0.1) is 6.92 Å². The summed E-state index contributed by atoms with van der Waals surface area (Å²) in [6.45, 7) is 1.77. The Balaban J connectivity index is 1.51. The third-order valence-electron chi connectivity index (χ3n) is 7.22. The van der Waals surface area contributed by atoms with Crippen molar-refractivity contribution in [3.8, 4) is 5.75 Å². The number of rotatable bonds is 5. The molecule has 0 saturated heterocycles. The van der Waals surface area contributed by atoms with E-state index in [1.807, 2.05) is 38.2 Å². The van der Waals surface area contributed by atoms with Crippen LogP contribution in [0.25, 0.3) is 0 Å². The number of nitrogens with zero attached hydrogens (tertiary/aromatic N) is 1. The molecule has 0 radical (unpaired) electrons. The van der Waals surface area contributed by atoms with Gasteiger partial charge in [0.1, 0.15) is 5.75 Å². The summed E-state index contributed by atoms with van der Waals surface area (Å²) in [4.78, 5) is 41.2. The lowest BCUT2D eigenvalue weighted by molar-refractivity contribution is -0.119. The second-order valence-electron chi connectivity index (χ2n) is 9.65. The number of benzene rings is 2. The molecular weight excluding hydrogens is 476 g/mol. The molecular formula is C29H29ClN2O4. The predicted molar refractivity (Wildman–Crippen MR) is 139 cm³/mol. The summed E-state index contributed by atoms with van der Waals surface area (Å²) in [6.07, 6.45) is 4.07. The lowest BCUT2D eigenvalue weighted by atomic mass is 9.71. The van der Waals surface area contributed by atoms with Gasteiger partial charge in [-0.25, -0.2) is 0 Å². The van der Waals surface area contributed by atoms with Crippen LogP contribution in [0.15, 0.2) is 65.0 Å². The lowest BCUT2D eigenvalue weighted by Gasteiger charge is -2.42. The Morgan fingerprint density at radius 3 is 2.19 bits per heavy atom. The number of halogens is 1. The molecule has 7 heteroatoms. The number of ether oxygens (including phenoxy) is 1. The van der Waals surface area contributed by atoms with E-state index in [-0.39, 0.29) is 24.1 Å². The fourth-order valence-electron chi connectivity index (χ4n) is 5.52. The Kier molecular flexibility index (Phi) is 6.71. The predicted octanol–water partition coefficient (Wildman–Crippen LogP) is 5.71. The van der Waals surface area contributed by atoms with Crippen molar-refractivity contribution in [1.29, 1.82) is 0 Å². The molecule has 0 aromatic heterocycles. The molecule has 0 spiro atoms. The molecule has 2 aliphatic carbocycles. The molecule has 6 nitrogen and oxygen atoms in total. The third kappa shape index (κ3) is 4.58. The van der Waals surface area contributed by atoms with Crippen molar-refractivity contribution in [3.05, 3.63) is 81.2 Å². The highest BCUT2D eigenvalue weighted by Gasteiger charge is 2.43. The average molecular weight is 505 g/mol. The van der Waals surface area contributed by atoms with Crippen LogP contribution >= 0.6 is 11.6 Å². The Bertz CT molecular complexity index is 1270. The SMILES string of the molecule is Cc1ccc(NC(=O)COc2ccc(Cl)cc2C2C3=C(CCCC3=O)N(C)C3=C2C(=O)CCC3)cc1. The Hall–Kier alpha value is -3.38. The van der Waals surface area contributed by atoms with E-state index < -0.39 is 5.92 Å². The van der Waals surface area contributed by atoms with Crippen LogP contribution in [0.1, 0.15) is 55.6 Å². The van der Waals surface area contributed by atoms with E-state index in [4.69, 9.17) is 16.3 Å². The Morgan fingerprint density at radius 2 is 1.58 bits per heavy atom. The molecule has 0 atom stereocenters. The number of ketones is 2. The van der Waals surface area contributed by atoms with Gasteiger partial charge in [-0.3, -0.25) is 14.4 Å². The molecule has 1 N–H and O–H groups in total. The van der Waals surface area contributed by atoms with Crippen molar-refractivity contribution in [3.63, 3.8) is 0 Å². The van der Waals surface area contributed by atoms with Gasteiger partial charge in [0.05, 0.1) is 0 Å². The van der Waals surface area contributed by atoms with Gasteiger partial charge in [0.25, 0.3) is 5.91 Å². The van der Waals surface area contributed by atoms with Crippen LogP contribution in [0.3, 0.4) is 0 Å². The number of amides is 1. The number of hydrogen-bond donors (Lipinski definition) is 1. The quantitative estimate of drug-likeness (QED) is 0.564. The minimum absolute atomic E-state index is 0.0565. The molecule has 186 valence electrons. The first kappa shape index (κ1) is 24.3. The van der Waals surface area contributed by atoms with E-state index in [1.54, 1.807) is 18.2 Å². The monoisotopic (exact) mass is 504 g/mol. The van der Waals surface area contributed by atoms with E-state index in [9.17, 15) is 14.4 Å². The van der Waals surface area contributed by atoms with Crippen molar-refractivity contribution in [2.45, 2.75) is 51.4 Å².